The highest BCUT2D eigenvalue weighted by atomic mass is 19.1. The lowest BCUT2D eigenvalue weighted by Crippen LogP contribution is -2.41. The van der Waals surface area contributed by atoms with Crippen LogP contribution in [0.4, 0.5) is 14.9 Å². The van der Waals surface area contributed by atoms with Gasteiger partial charge in [0.2, 0.25) is 5.91 Å². The lowest BCUT2D eigenvalue weighted by molar-refractivity contribution is -0.151. The third-order valence-electron chi connectivity index (χ3n) is 5.94. The summed E-state index contributed by atoms with van der Waals surface area (Å²) in [4.78, 5) is 41.1. The van der Waals surface area contributed by atoms with E-state index in [2.05, 4.69) is 11.9 Å². The first-order valence-corrected chi connectivity index (χ1v) is 11.8. The molecule has 3 rings (SSSR count). The van der Waals surface area contributed by atoms with Gasteiger partial charge in [0, 0.05) is 25.3 Å². The summed E-state index contributed by atoms with van der Waals surface area (Å²) in [6, 6.07) is 12.9. The second-order valence-corrected chi connectivity index (χ2v) is 8.44. The summed E-state index contributed by atoms with van der Waals surface area (Å²) < 4.78 is 18.4. The van der Waals surface area contributed by atoms with Crippen LogP contribution in [0.15, 0.2) is 61.2 Å². The summed E-state index contributed by atoms with van der Waals surface area (Å²) in [5, 5.41) is 2.78. The summed E-state index contributed by atoms with van der Waals surface area (Å²) in [6.45, 7) is 7.35. The molecule has 1 N–H and O–H groups in total. The topological polar surface area (TPSA) is 79.0 Å². The van der Waals surface area contributed by atoms with Crippen molar-refractivity contribution in [2.75, 3.05) is 31.1 Å². The first-order valence-electron chi connectivity index (χ1n) is 11.8. The second-order valence-electron chi connectivity index (χ2n) is 8.44. The van der Waals surface area contributed by atoms with Crippen molar-refractivity contribution in [1.29, 1.82) is 0 Å². The molecule has 0 radical (unpaired) electrons. The fourth-order valence-corrected chi connectivity index (χ4v) is 4.05. The predicted octanol–water partition coefficient (Wildman–Crippen LogP) is 4.07. The Morgan fingerprint density at radius 1 is 1.14 bits per heavy atom. The summed E-state index contributed by atoms with van der Waals surface area (Å²) in [6.07, 6.45) is 2.98. The van der Waals surface area contributed by atoms with Gasteiger partial charge < -0.3 is 15.0 Å². The summed E-state index contributed by atoms with van der Waals surface area (Å²) in [5.74, 6) is -0.714. The zero-order valence-electron chi connectivity index (χ0n) is 20.0. The van der Waals surface area contributed by atoms with E-state index in [0.717, 1.165) is 11.1 Å². The monoisotopic (exact) mass is 481 g/mol. The molecule has 1 saturated heterocycles. The Bertz CT molecular complexity index is 1030. The Morgan fingerprint density at radius 3 is 2.51 bits per heavy atom. The quantitative estimate of drug-likeness (QED) is 0.433. The average Bonchev–Trinajstić information content (AvgIpc) is 2.87. The largest absolute Gasteiger partial charge is 0.466 e. The predicted molar refractivity (Wildman–Crippen MR) is 132 cm³/mol. The molecule has 1 heterocycles. The van der Waals surface area contributed by atoms with Crippen LogP contribution in [0.5, 0.6) is 0 Å². The molecule has 8 heteroatoms. The molecular weight excluding hydrogens is 449 g/mol. The van der Waals surface area contributed by atoms with Crippen molar-refractivity contribution in [3.05, 3.63) is 78.1 Å². The number of amides is 3. The molecule has 0 aliphatic carbocycles. The van der Waals surface area contributed by atoms with Gasteiger partial charge in [-0.15, -0.1) is 6.58 Å². The molecule has 2 aromatic carbocycles. The van der Waals surface area contributed by atoms with Crippen molar-refractivity contribution in [2.24, 2.45) is 5.92 Å². The highest BCUT2D eigenvalue weighted by molar-refractivity contribution is 5.92. The number of anilines is 1. The van der Waals surface area contributed by atoms with Gasteiger partial charge in [0.05, 0.1) is 25.5 Å². The number of carbonyl (C=O) groups is 3. The zero-order valence-corrected chi connectivity index (χ0v) is 20.0. The number of nitrogens with one attached hydrogen (secondary N) is 1. The van der Waals surface area contributed by atoms with Crippen LogP contribution in [0.1, 0.15) is 30.9 Å². The Morgan fingerprint density at radius 2 is 1.86 bits per heavy atom. The maximum Gasteiger partial charge on any atom is 0.322 e. The molecule has 0 saturated carbocycles. The third-order valence-corrected chi connectivity index (χ3v) is 5.94. The molecular formula is C27H32FN3O4. The van der Waals surface area contributed by atoms with Gasteiger partial charge in [-0.2, -0.15) is 0 Å². The molecule has 35 heavy (non-hydrogen) atoms. The molecule has 1 fully saturated rings. The molecule has 1 aliphatic rings. The summed E-state index contributed by atoms with van der Waals surface area (Å²) >= 11 is 0. The average molecular weight is 482 g/mol. The first-order chi connectivity index (χ1) is 16.9. The van der Waals surface area contributed by atoms with Gasteiger partial charge in [-0.05, 0) is 55.2 Å². The zero-order chi connectivity index (χ0) is 25.2. The molecule has 186 valence electrons. The molecule has 0 atom stereocenters. The number of rotatable bonds is 9. The number of hydrogen-bond acceptors (Lipinski definition) is 4. The number of ether oxygens (including phenoxy) is 1. The van der Waals surface area contributed by atoms with Crippen molar-refractivity contribution in [3.63, 3.8) is 0 Å². The number of likely N-dealkylation sites (tertiary alicyclic amines) is 1. The smallest absolute Gasteiger partial charge is 0.322 e. The number of piperidine rings is 1. The Kier molecular flexibility index (Phi) is 9.40. The molecule has 0 aromatic heterocycles. The van der Waals surface area contributed by atoms with E-state index in [4.69, 9.17) is 4.74 Å². The van der Waals surface area contributed by atoms with Crippen LogP contribution in [0, 0.1) is 11.7 Å². The molecule has 2 aromatic rings. The van der Waals surface area contributed by atoms with Crippen LogP contribution < -0.4 is 10.2 Å². The lowest BCUT2D eigenvalue weighted by atomic mass is 9.96. The third kappa shape index (κ3) is 7.40. The van der Waals surface area contributed by atoms with Crippen LogP contribution in [0.25, 0.3) is 0 Å². The fourth-order valence-electron chi connectivity index (χ4n) is 4.05. The van der Waals surface area contributed by atoms with Crippen molar-refractivity contribution >= 4 is 23.6 Å². The Hall–Kier alpha value is -3.68. The minimum atomic E-state index is -0.344. The van der Waals surface area contributed by atoms with Gasteiger partial charge in [-0.1, -0.05) is 30.3 Å². The molecule has 0 spiro atoms. The minimum Gasteiger partial charge on any atom is -0.466 e. The maximum atomic E-state index is 13.3. The normalized spacial score (nSPS) is 13.7. The summed E-state index contributed by atoms with van der Waals surface area (Å²) in [7, 11) is 0. The molecule has 0 unspecified atom stereocenters. The van der Waals surface area contributed by atoms with Gasteiger partial charge in [0.1, 0.15) is 5.82 Å². The molecule has 0 bridgehead atoms. The molecule has 7 nitrogen and oxygen atoms in total. The van der Waals surface area contributed by atoms with Crippen molar-refractivity contribution < 1.29 is 23.5 Å². The fraction of sp³-hybridized carbons (Fsp3) is 0.370. The molecule has 3 amide bonds. The van der Waals surface area contributed by atoms with E-state index in [1.165, 1.54) is 12.1 Å². The number of halogens is 1. The van der Waals surface area contributed by atoms with Gasteiger partial charge >= 0.3 is 12.0 Å². The van der Waals surface area contributed by atoms with E-state index in [1.54, 1.807) is 41.0 Å². The number of nitrogens with zero attached hydrogens (tertiary/aromatic N) is 2. The number of hydrogen-bond donors (Lipinski definition) is 1. The number of carbonyl (C=O) groups excluding carboxylic acids is 3. The van der Waals surface area contributed by atoms with Crippen LogP contribution in [-0.4, -0.2) is 49.0 Å². The van der Waals surface area contributed by atoms with Crippen molar-refractivity contribution in [1.82, 2.24) is 10.2 Å². The van der Waals surface area contributed by atoms with E-state index in [1.807, 2.05) is 18.2 Å². The van der Waals surface area contributed by atoms with E-state index < -0.39 is 0 Å². The lowest BCUT2D eigenvalue weighted by Gasteiger charge is -2.31. The van der Waals surface area contributed by atoms with E-state index >= 15 is 0 Å². The van der Waals surface area contributed by atoms with Crippen molar-refractivity contribution in [3.8, 4) is 0 Å². The number of urea groups is 1. The SMILES string of the molecule is C=CCNC(=O)N(Cc1ccc(F)cc1)c1cccc(CC(=O)N2CCC(C(=O)OCC)CC2)c1. The highest BCUT2D eigenvalue weighted by Gasteiger charge is 2.28. The second kappa shape index (κ2) is 12.7. The number of benzene rings is 2. The maximum absolute atomic E-state index is 13.3. The van der Waals surface area contributed by atoms with Crippen LogP contribution in [-0.2, 0) is 27.3 Å². The number of esters is 1. The minimum absolute atomic E-state index is 0.0225. The van der Waals surface area contributed by atoms with Gasteiger partial charge in [-0.3, -0.25) is 14.5 Å². The van der Waals surface area contributed by atoms with Crippen molar-refractivity contribution in [2.45, 2.75) is 32.7 Å². The Balaban J connectivity index is 1.69. The van der Waals surface area contributed by atoms with E-state index in [-0.39, 0.29) is 42.6 Å². The van der Waals surface area contributed by atoms with E-state index in [9.17, 15) is 18.8 Å². The van der Waals surface area contributed by atoms with E-state index in [0.29, 0.717) is 44.8 Å². The Labute approximate surface area is 205 Å². The highest BCUT2D eigenvalue weighted by Crippen LogP contribution is 2.22. The first kappa shape index (κ1) is 25.9. The standard InChI is InChI=1S/C27H32FN3O4/c1-3-14-29-27(34)31(19-20-8-10-23(28)11-9-20)24-7-5-6-21(17-24)18-25(32)30-15-12-22(13-16-30)26(33)35-4-2/h3,5-11,17,22H,1,4,12-16,18-19H2,2H3,(H,29,34). The van der Waals surface area contributed by atoms with Crippen LogP contribution in [0.2, 0.25) is 0 Å². The summed E-state index contributed by atoms with van der Waals surface area (Å²) in [5.41, 5.74) is 2.17. The van der Waals surface area contributed by atoms with Gasteiger partial charge in [-0.25, -0.2) is 9.18 Å². The van der Waals surface area contributed by atoms with Crippen LogP contribution in [0.3, 0.4) is 0 Å². The van der Waals surface area contributed by atoms with Gasteiger partial charge in [0.15, 0.2) is 0 Å². The van der Waals surface area contributed by atoms with Gasteiger partial charge in [0.25, 0.3) is 0 Å². The van der Waals surface area contributed by atoms with Crippen LogP contribution >= 0.6 is 0 Å². The molecule has 1 aliphatic heterocycles.